The summed E-state index contributed by atoms with van der Waals surface area (Å²) in [6.45, 7) is 8.05. The van der Waals surface area contributed by atoms with E-state index in [-0.39, 0.29) is 41.4 Å². The van der Waals surface area contributed by atoms with E-state index in [1.54, 1.807) is 0 Å². The summed E-state index contributed by atoms with van der Waals surface area (Å²) in [6, 6.07) is 0. The molecule has 1 aliphatic heterocycles. The van der Waals surface area contributed by atoms with Gasteiger partial charge in [0.1, 0.15) is 0 Å². The van der Waals surface area contributed by atoms with Crippen LogP contribution in [0.5, 0.6) is 0 Å². The van der Waals surface area contributed by atoms with E-state index >= 15 is 0 Å². The molecule has 4 rings (SSSR count). The van der Waals surface area contributed by atoms with Crippen molar-refractivity contribution in [3.63, 3.8) is 0 Å². The normalized spacial score (nSPS) is 27.5. The standard InChI is InChI=1S/C21H30N6O3/c1-4-22-21(23-8-7-15-25-18(12(2)3)26-30-15)24-9-10-27-19(28)16-13-5-6-14(11-13)17(16)20(27)29/h5-6,12-14,16-17H,4,7-11H2,1-3H3,(H2,22,23,24). The van der Waals surface area contributed by atoms with Crippen molar-refractivity contribution in [2.24, 2.45) is 28.7 Å². The highest BCUT2D eigenvalue weighted by Gasteiger charge is 2.58. The Morgan fingerprint density at radius 3 is 2.53 bits per heavy atom. The first-order valence-corrected chi connectivity index (χ1v) is 10.9. The number of rotatable bonds is 8. The van der Waals surface area contributed by atoms with E-state index in [1.165, 1.54) is 4.90 Å². The number of allylic oxidation sites excluding steroid dienone is 2. The van der Waals surface area contributed by atoms with Crippen molar-refractivity contribution < 1.29 is 14.1 Å². The smallest absolute Gasteiger partial charge is 0.233 e. The molecular formula is C21H30N6O3. The predicted molar refractivity (Wildman–Crippen MR) is 111 cm³/mol. The number of aromatic nitrogens is 2. The highest BCUT2D eigenvalue weighted by molar-refractivity contribution is 6.06. The molecule has 2 N–H and O–H groups in total. The Balaban J connectivity index is 1.27. The highest BCUT2D eigenvalue weighted by atomic mass is 16.5. The van der Waals surface area contributed by atoms with E-state index < -0.39 is 0 Å². The van der Waals surface area contributed by atoms with Gasteiger partial charge >= 0.3 is 0 Å². The zero-order valence-corrected chi connectivity index (χ0v) is 17.8. The summed E-state index contributed by atoms with van der Waals surface area (Å²) in [5.41, 5.74) is 0. The maximum atomic E-state index is 12.7. The fourth-order valence-corrected chi connectivity index (χ4v) is 4.68. The second kappa shape index (κ2) is 8.57. The molecule has 9 heteroatoms. The van der Waals surface area contributed by atoms with Gasteiger partial charge in [-0.25, -0.2) is 0 Å². The Morgan fingerprint density at radius 2 is 1.93 bits per heavy atom. The van der Waals surface area contributed by atoms with Crippen molar-refractivity contribution in [2.45, 2.75) is 39.5 Å². The third-order valence-electron chi connectivity index (χ3n) is 6.13. The zero-order valence-electron chi connectivity index (χ0n) is 17.8. The molecule has 3 aliphatic rings. The van der Waals surface area contributed by atoms with Crippen LogP contribution in [-0.4, -0.2) is 59.0 Å². The van der Waals surface area contributed by atoms with Crippen LogP contribution in [0.1, 0.15) is 44.8 Å². The monoisotopic (exact) mass is 414 g/mol. The summed E-state index contributed by atoms with van der Waals surface area (Å²) in [4.78, 5) is 35.8. The molecule has 1 saturated carbocycles. The van der Waals surface area contributed by atoms with Crippen LogP contribution >= 0.6 is 0 Å². The SMILES string of the molecule is CCNC(=NCCc1nc(C(C)C)no1)NCCN1C(=O)C2C3C=CC(C3)C2C1=O. The average Bonchev–Trinajstić information content (AvgIpc) is 3.48. The number of imide groups is 1. The molecule has 2 bridgehead atoms. The molecule has 0 radical (unpaired) electrons. The minimum atomic E-state index is -0.139. The first-order chi connectivity index (χ1) is 14.5. The third-order valence-corrected chi connectivity index (χ3v) is 6.13. The molecule has 4 unspecified atom stereocenters. The van der Waals surface area contributed by atoms with Crippen molar-refractivity contribution in [2.75, 3.05) is 26.2 Å². The van der Waals surface area contributed by atoms with Gasteiger partial charge in [0.25, 0.3) is 0 Å². The number of fused-ring (bicyclic) bond motifs is 5. The van der Waals surface area contributed by atoms with E-state index in [0.717, 1.165) is 6.42 Å². The van der Waals surface area contributed by atoms with Crippen molar-refractivity contribution in [3.8, 4) is 0 Å². The summed E-state index contributed by atoms with van der Waals surface area (Å²) >= 11 is 0. The van der Waals surface area contributed by atoms with Crippen LogP contribution in [-0.2, 0) is 16.0 Å². The van der Waals surface area contributed by atoms with Gasteiger partial charge in [0.05, 0.1) is 18.4 Å². The lowest BCUT2D eigenvalue weighted by molar-refractivity contribution is -0.140. The fraction of sp³-hybridized carbons (Fsp3) is 0.667. The van der Waals surface area contributed by atoms with Crippen molar-refractivity contribution in [3.05, 3.63) is 23.9 Å². The molecule has 4 atom stereocenters. The fourth-order valence-electron chi connectivity index (χ4n) is 4.68. The van der Waals surface area contributed by atoms with Crippen molar-refractivity contribution in [1.82, 2.24) is 25.7 Å². The van der Waals surface area contributed by atoms with Crippen LogP contribution in [0.25, 0.3) is 0 Å². The van der Waals surface area contributed by atoms with E-state index in [4.69, 9.17) is 4.52 Å². The number of amides is 2. The van der Waals surface area contributed by atoms with E-state index in [9.17, 15) is 9.59 Å². The Morgan fingerprint density at radius 1 is 1.23 bits per heavy atom. The molecule has 2 amide bonds. The first kappa shape index (κ1) is 20.6. The lowest BCUT2D eigenvalue weighted by atomic mass is 9.85. The number of nitrogens with one attached hydrogen (secondary N) is 2. The summed E-state index contributed by atoms with van der Waals surface area (Å²) in [6.07, 6.45) is 5.73. The van der Waals surface area contributed by atoms with Gasteiger partial charge < -0.3 is 15.2 Å². The predicted octanol–water partition coefficient (Wildman–Crippen LogP) is 1.10. The van der Waals surface area contributed by atoms with Crippen LogP contribution in [0.4, 0.5) is 0 Å². The Bertz CT molecular complexity index is 831. The summed E-state index contributed by atoms with van der Waals surface area (Å²) in [7, 11) is 0. The maximum Gasteiger partial charge on any atom is 0.233 e. The van der Waals surface area contributed by atoms with Crippen LogP contribution in [0.2, 0.25) is 0 Å². The molecule has 9 nitrogen and oxygen atoms in total. The number of guanidine groups is 1. The topological polar surface area (TPSA) is 113 Å². The van der Waals surface area contributed by atoms with Crippen LogP contribution in [0.15, 0.2) is 21.7 Å². The summed E-state index contributed by atoms with van der Waals surface area (Å²) < 4.78 is 5.24. The third kappa shape index (κ3) is 3.85. The van der Waals surface area contributed by atoms with Crippen LogP contribution < -0.4 is 10.6 Å². The molecule has 1 aromatic heterocycles. The van der Waals surface area contributed by atoms with Crippen LogP contribution in [0, 0.1) is 23.7 Å². The Kier molecular flexibility index (Phi) is 5.87. The average molecular weight is 415 g/mol. The van der Waals surface area contributed by atoms with Crippen LogP contribution in [0.3, 0.4) is 0 Å². The van der Waals surface area contributed by atoms with Gasteiger partial charge in [-0.1, -0.05) is 31.2 Å². The van der Waals surface area contributed by atoms with E-state index in [2.05, 4.69) is 37.9 Å². The molecule has 1 saturated heterocycles. The number of hydrogen-bond acceptors (Lipinski definition) is 6. The first-order valence-electron chi connectivity index (χ1n) is 10.9. The second-order valence-corrected chi connectivity index (χ2v) is 8.47. The van der Waals surface area contributed by atoms with Gasteiger partial charge in [-0.05, 0) is 25.2 Å². The van der Waals surface area contributed by atoms with Crippen molar-refractivity contribution >= 4 is 17.8 Å². The number of aliphatic imine (C=N–C) groups is 1. The summed E-state index contributed by atoms with van der Waals surface area (Å²) in [5, 5.41) is 10.3. The molecule has 0 aromatic carbocycles. The van der Waals surface area contributed by atoms with Gasteiger partial charge in [0.2, 0.25) is 17.7 Å². The number of carbonyl (C=O) groups excluding carboxylic acids is 2. The molecule has 162 valence electrons. The quantitative estimate of drug-likeness (QED) is 0.283. The van der Waals surface area contributed by atoms with Gasteiger partial charge in [-0.2, -0.15) is 4.98 Å². The molecule has 1 aromatic rings. The van der Waals surface area contributed by atoms with E-state index in [1.807, 2.05) is 20.8 Å². The molecule has 2 aliphatic carbocycles. The lowest BCUT2D eigenvalue weighted by Gasteiger charge is -2.18. The molecular weight excluding hydrogens is 384 g/mol. The largest absolute Gasteiger partial charge is 0.357 e. The number of carbonyl (C=O) groups is 2. The number of hydrogen-bond donors (Lipinski definition) is 2. The Labute approximate surface area is 176 Å². The molecule has 2 heterocycles. The highest BCUT2D eigenvalue weighted by Crippen LogP contribution is 2.52. The van der Waals surface area contributed by atoms with Gasteiger partial charge in [-0.3, -0.25) is 19.5 Å². The maximum absolute atomic E-state index is 12.7. The van der Waals surface area contributed by atoms with Gasteiger partial charge in [0, 0.05) is 32.0 Å². The minimum absolute atomic E-state index is 0.0112. The van der Waals surface area contributed by atoms with Crippen molar-refractivity contribution in [1.29, 1.82) is 0 Å². The minimum Gasteiger partial charge on any atom is -0.357 e. The lowest BCUT2D eigenvalue weighted by Crippen LogP contribution is -2.43. The summed E-state index contributed by atoms with van der Waals surface area (Å²) in [5.74, 6) is 2.33. The number of likely N-dealkylation sites (tertiary alicyclic amines) is 1. The second-order valence-electron chi connectivity index (χ2n) is 8.47. The number of nitrogens with zero attached hydrogens (tertiary/aromatic N) is 4. The van der Waals surface area contributed by atoms with Gasteiger partial charge in [0.15, 0.2) is 11.8 Å². The Hall–Kier alpha value is -2.71. The zero-order chi connectivity index (χ0) is 21.3. The van der Waals surface area contributed by atoms with Gasteiger partial charge in [-0.15, -0.1) is 0 Å². The molecule has 2 fully saturated rings. The molecule has 0 spiro atoms. The molecule has 30 heavy (non-hydrogen) atoms. The van der Waals surface area contributed by atoms with E-state index in [0.29, 0.717) is 50.3 Å².